The standard InChI is InChI=1S/C27H55N3O3/c1-3-5-7-9-11-13-15-17-21-30(22-18-16-14-12-10-8-6-4-2)27(33)20-19-26(32)29-24-25(31)23-28/h25,31H,3-24,28H2,1-2H3,(H,29,32). The number of nitrogens with zero attached hydrogens (tertiary/aromatic N) is 1. The average Bonchev–Trinajstić information content (AvgIpc) is 2.82. The Balaban J connectivity index is 4.25. The number of carbonyl (C=O) groups excluding carboxylic acids is 2. The van der Waals surface area contributed by atoms with Crippen molar-refractivity contribution in [3.05, 3.63) is 0 Å². The number of carbonyl (C=O) groups is 2. The second-order valence-electron chi connectivity index (χ2n) is 9.52. The van der Waals surface area contributed by atoms with E-state index in [9.17, 15) is 14.7 Å². The Labute approximate surface area is 204 Å². The molecular weight excluding hydrogens is 414 g/mol. The number of nitrogens with one attached hydrogen (secondary N) is 1. The first-order valence-electron chi connectivity index (χ1n) is 14.0. The van der Waals surface area contributed by atoms with E-state index in [2.05, 4.69) is 19.2 Å². The fourth-order valence-electron chi connectivity index (χ4n) is 4.02. The van der Waals surface area contributed by atoms with Gasteiger partial charge in [0.25, 0.3) is 0 Å². The summed E-state index contributed by atoms with van der Waals surface area (Å²) in [4.78, 5) is 26.7. The fourth-order valence-corrected chi connectivity index (χ4v) is 4.02. The van der Waals surface area contributed by atoms with Crippen LogP contribution in [0.15, 0.2) is 0 Å². The summed E-state index contributed by atoms with van der Waals surface area (Å²) in [6, 6.07) is 0. The molecule has 0 heterocycles. The summed E-state index contributed by atoms with van der Waals surface area (Å²) >= 11 is 0. The van der Waals surface area contributed by atoms with E-state index in [-0.39, 0.29) is 37.7 Å². The minimum absolute atomic E-state index is 0.0791. The molecular formula is C27H55N3O3. The fraction of sp³-hybridized carbons (Fsp3) is 0.926. The molecule has 0 aromatic heterocycles. The van der Waals surface area contributed by atoms with Crippen LogP contribution >= 0.6 is 0 Å². The molecule has 0 rings (SSSR count). The van der Waals surface area contributed by atoms with Gasteiger partial charge in [0.2, 0.25) is 11.8 Å². The van der Waals surface area contributed by atoms with Crippen LogP contribution < -0.4 is 11.1 Å². The highest BCUT2D eigenvalue weighted by Gasteiger charge is 2.15. The van der Waals surface area contributed by atoms with Crippen molar-refractivity contribution in [2.75, 3.05) is 26.2 Å². The maximum Gasteiger partial charge on any atom is 0.223 e. The lowest BCUT2D eigenvalue weighted by Gasteiger charge is -2.23. The van der Waals surface area contributed by atoms with Gasteiger partial charge in [0, 0.05) is 39.0 Å². The maximum absolute atomic E-state index is 12.8. The Morgan fingerprint density at radius 1 is 0.727 bits per heavy atom. The minimum Gasteiger partial charge on any atom is -0.390 e. The van der Waals surface area contributed by atoms with Crippen LogP contribution in [0.2, 0.25) is 0 Å². The van der Waals surface area contributed by atoms with Gasteiger partial charge in [-0.15, -0.1) is 0 Å². The highest BCUT2D eigenvalue weighted by atomic mass is 16.3. The summed E-state index contributed by atoms with van der Waals surface area (Å²) < 4.78 is 0. The summed E-state index contributed by atoms with van der Waals surface area (Å²) in [5.74, 6) is -0.120. The molecule has 0 aliphatic rings. The molecule has 4 N–H and O–H groups in total. The summed E-state index contributed by atoms with van der Waals surface area (Å²) in [6.07, 6.45) is 19.7. The van der Waals surface area contributed by atoms with Crippen molar-refractivity contribution in [2.24, 2.45) is 5.73 Å². The first kappa shape index (κ1) is 31.9. The van der Waals surface area contributed by atoms with Crippen LogP contribution in [0.3, 0.4) is 0 Å². The zero-order valence-electron chi connectivity index (χ0n) is 21.9. The van der Waals surface area contributed by atoms with Gasteiger partial charge < -0.3 is 21.1 Å². The smallest absolute Gasteiger partial charge is 0.223 e. The van der Waals surface area contributed by atoms with Crippen molar-refractivity contribution in [1.82, 2.24) is 10.2 Å². The molecule has 0 aromatic rings. The molecule has 2 amide bonds. The molecule has 0 fully saturated rings. The maximum atomic E-state index is 12.8. The normalized spacial score (nSPS) is 12.0. The molecule has 33 heavy (non-hydrogen) atoms. The van der Waals surface area contributed by atoms with E-state index in [1.54, 1.807) is 0 Å². The predicted octanol–water partition coefficient (Wildman–Crippen LogP) is 5.31. The lowest BCUT2D eigenvalue weighted by Crippen LogP contribution is -2.37. The Bertz CT molecular complexity index is 440. The molecule has 0 aromatic carbocycles. The number of aliphatic hydroxyl groups excluding tert-OH is 1. The quantitative estimate of drug-likeness (QED) is 0.167. The van der Waals surface area contributed by atoms with Crippen molar-refractivity contribution in [3.63, 3.8) is 0 Å². The van der Waals surface area contributed by atoms with Crippen LogP contribution in [0.4, 0.5) is 0 Å². The van der Waals surface area contributed by atoms with Gasteiger partial charge in [0.15, 0.2) is 0 Å². The van der Waals surface area contributed by atoms with Crippen molar-refractivity contribution < 1.29 is 14.7 Å². The van der Waals surface area contributed by atoms with Crippen LogP contribution in [0, 0.1) is 0 Å². The lowest BCUT2D eigenvalue weighted by atomic mass is 10.1. The van der Waals surface area contributed by atoms with Crippen LogP contribution in [0.25, 0.3) is 0 Å². The van der Waals surface area contributed by atoms with E-state index in [0.29, 0.717) is 0 Å². The largest absolute Gasteiger partial charge is 0.390 e. The number of nitrogens with two attached hydrogens (primary N) is 1. The molecule has 1 unspecified atom stereocenters. The molecule has 196 valence electrons. The van der Waals surface area contributed by atoms with Gasteiger partial charge in [-0.1, -0.05) is 104 Å². The Morgan fingerprint density at radius 2 is 1.15 bits per heavy atom. The first-order chi connectivity index (χ1) is 16.0. The monoisotopic (exact) mass is 469 g/mol. The van der Waals surface area contributed by atoms with Gasteiger partial charge >= 0.3 is 0 Å². The zero-order valence-corrected chi connectivity index (χ0v) is 21.9. The van der Waals surface area contributed by atoms with E-state index in [1.165, 1.54) is 89.9 Å². The number of rotatable bonds is 24. The van der Waals surface area contributed by atoms with Crippen LogP contribution in [0.5, 0.6) is 0 Å². The van der Waals surface area contributed by atoms with Crippen molar-refractivity contribution in [1.29, 1.82) is 0 Å². The summed E-state index contributed by atoms with van der Waals surface area (Å²) in [7, 11) is 0. The third-order valence-electron chi connectivity index (χ3n) is 6.29. The van der Waals surface area contributed by atoms with Crippen LogP contribution in [0.1, 0.15) is 129 Å². The van der Waals surface area contributed by atoms with Gasteiger partial charge in [0.1, 0.15) is 0 Å². The average molecular weight is 470 g/mol. The van der Waals surface area contributed by atoms with Gasteiger partial charge in [-0.05, 0) is 12.8 Å². The van der Waals surface area contributed by atoms with E-state index >= 15 is 0 Å². The van der Waals surface area contributed by atoms with Gasteiger partial charge in [0.05, 0.1) is 6.10 Å². The van der Waals surface area contributed by atoms with Crippen LogP contribution in [-0.4, -0.2) is 54.1 Å². The second kappa shape index (κ2) is 24.0. The summed E-state index contributed by atoms with van der Waals surface area (Å²) in [5, 5.41) is 12.1. The third kappa shape index (κ3) is 21.2. The van der Waals surface area contributed by atoms with Gasteiger partial charge in [-0.2, -0.15) is 0 Å². The molecule has 0 radical (unpaired) electrons. The summed E-state index contributed by atoms with van der Waals surface area (Å²) in [6.45, 7) is 6.35. The Morgan fingerprint density at radius 3 is 1.58 bits per heavy atom. The van der Waals surface area contributed by atoms with Gasteiger partial charge in [-0.3, -0.25) is 9.59 Å². The molecule has 0 saturated carbocycles. The molecule has 0 spiro atoms. The van der Waals surface area contributed by atoms with Crippen molar-refractivity contribution in [2.45, 2.75) is 136 Å². The van der Waals surface area contributed by atoms with E-state index in [4.69, 9.17) is 5.73 Å². The Hall–Kier alpha value is -1.14. The van der Waals surface area contributed by atoms with E-state index in [1.807, 2.05) is 4.90 Å². The van der Waals surface area contributed by atoms with Crippen molar-refractivity contribution in [3.8, 4) is 0 Å². The van der Waals surface area contributed by atoms with Crippen LogP contribution in [-0.2, 0) is 9.59 Å². The highest BCUT2D eigenvalue weighted by molar-refractivity contribution is 5.83. The third-order valence-corrected chi connectivity index (χ3v) is 6.29. The minimum atomic E-state index is -0.731. The molecule has 0 aliphatic carbocycles. The van der Waals surface area contributed by atoms with E-state index < -0.39 is 6.10 Å². The lowest BCUT2D eigenvalue weighted by molar-refractivity contribution is -0.133. The molecule has 1 atom stereocenters. The number of hydrogen-bond acceptors (Lipinski definition) is 4. The SMILES string of the molecule is CCCCCCCCCCN(CCCCCCCCCC)C(=O)CCC(=O)NCC(O)CN. The summed E-state index contributed by atoms with van der Waals surface area (Å²) in [5.41, 5.74) is 5.35. The molecule has 0 saturated heterocycles. The highest BCUT2D eigenvalue weighted by Crippen LogP contribution is 2.12. The number of amides is 2. The second-order valence-corrected chi connectivity index (χ2v) is 9.52. The molecule has 6 heteroatoms. The number of hydrogen-bond donors (Lipinski definition) is 3. The first-order valence-corrected chi connectivity index (χ1v) is 14.0. The molecule has 0 aliphatic heterocycles. The topological polar surface area (TPSA) is 95.7 Å². The van der Waals surface area contributed by atoms with Crippen molar-refractivity contribution >= 4 is 11.8 Å². The molecule has 6 nitrogen and oxygen atoms in total. The van der Waals surface area contributed by atoms with Gasteiger partial charge in [-0.25, -0.2) is 0 Å². The number of unbranched alkanes of at least 4 members (excludes halogenated alkanes) is 14. The molecule has 0 bridgehead atoms. The number of aliphatic hydroxyl groups is 1. The predicted molar refractivity (Wildman–Crippen MR) is 139 cm³/mol. The van der Waals surface area contributed by atoms with E-state index in [0.717, 1.165) is 25.9 Å². The zero-order chi connectivity index (χ0) is 24.6. The Kier molecular flexibility index (Phi) is 23.2.